The lowest BCUT2D eigenvalue weighted by atomic mass is 10.1. The molecule has 0 fully saturated rings. The summed E-state index contributed by atoms with van der Waals surface area (Å²) in [4.78, 5) is 1.90. The van der Waals surface area contributed by atoms with E-state index in [1.54, 1.807) is 24.3 Å². The van der Waals surface area contributed by atoms with Crippen LogP contribution in [0.5, 0.6) is 0 Å². The molecule has 158 valence electrons. The van der Waals surface area contributed by atoms with Crippen LogP contribution in [-0.4, -0.2) is 113 Å². The second-order valence-electron chi connectivity index (χ2n) is 5.97. The van der Waals surface area contributed by atoms with E-state index in [1.807, 2.05) is 4.90 Å². The van der Waals surface area contributed by atoms with Crippen molar-refractivity contribution < 1.29 is 30.0 Å². The summed E-state index contributed by atoms with van der Waals surface area (Å²) < 4.78 is 0.399. The Kier molecular flexibility index (Phi) is 18.7. The van der Waals surface area contributed by atoms with Gasteiger partial charge in [-0.3, -0.25) is 4.90 Å². The highest BCUT2D eigenvalue weighted by atomic mass is 16.3. The number of aliphatic hydroxyl groups excluding tert-OH is 5. The van der Waals surface area contributed by atoms with E-state index in [1.165, 1.54) is 0 Å². The maximum Gasteiger partial charge on any atom is 0.126 e. The number of hydrogen-bond acceptors (Lipinski definition) is 6. The number of nitrogens with zero attached hydrogens (tertiary/aromatic N) is 2. The van der Waals surface area contributed by atoms with Crippen LogP contribution in [0.3, 0.4) is 0 Å². The van der Waals surface area contributed by atoms with Crippen molar-refractivity contribution in [1.82, 2.24) is 4.90 Å². The topological polar surface area (TPSA) is 104 Å². The van der Waals surface area contributed by atoms with E-state index < -0.39 is 0 Å². The number of hydrogen-bond donors (Lipinski definition) is 5. The smallest absolute Gasteiger partial charge is 0.126 e. The fourth-order valence-corrected chi connectivity index (χ4v) is 2.98. The summed E-state index contributed by atoms with van der Waals surface area (Å²) >= 11 is 0. The van der Waals surface area contributed by atoms with Gasteiger partial charge in [0, 0.05) is 19.1 Å². The van der Waals surface area contributed by atoms with Gasteiger partial charge in [-0.05, 0) is 12.2 Å². The molecule has 0 aliphatic carbocycles. The van der Waals surface area contributed by atoms with Gasteiger partial charge in [-0.25, -0.2) is 0 Å². The Morgan fingerprint density at radius 2 is 1.00 bits per heavy atom. The first-order chi connectivity index (χ1) is 13.0. The zero-order chi connectivity index (χ0) is 21.1. The monoisotopic (exact) mass is 387 g/mol. The van der Waals surface area contributed by atoms with Crippen LogP contribution in [0.1, 0.15) is 0 Å². The molecule has 0 spiro atoms. The van der Waals surface area contributed by atoms with Gasteiger partial charge in [-0.15, -0.1) is 13.2 Å². The zero-order valence-corrected chi connectivity index (χ0v) is 16.5. The number of aliphatic hydroxyl groups is 5. The molecule has 0 rings (SSSR count). The first-order valence-electron chi connectivity index (χ1n) is 9.15. The van der Waals surface area contributed by atoms with Gasteiger partial charge in [0.25, 0.3) is 0 Å². The Bertz CT molecular complexity index is 365. The molecule has 0 aliphatic heterocycles. The van der Waals surface area contributed by atoms with Crippen LogP contribution in [0.25, 0.3) is 0 Å². The van der Waals surface area contributed by atoms with E-state index in [0.29, 0.717) is 37.2 Å². The average Bonchev–Trinajstić information content (AvgIpc) is 2.65. The third-order valence-electron chi connectivity index (χ3n) is 4.43. The zero-order valence-electron chi connectivity index (χ0n) is 16.5. The van der Waals surface area contributed by atoms with E-state index in [0.717, 1.165) is 0 Å². The average molecular weight is 388 g/mol. The van der Waals surface area contributed by atoms with Crippen molar-refractivity contribution in [2.75, 3.05) is 65.8 Å². The molecule has 0 saturated heterocycles. The van der Waals surface area contributed by atoms with Gasteiger partial charge in [-0.1, -0.05) is 25.3 Å². The largest absolute Gasteiger partial charge is 0.395 e. The van der Waals surface area contributed by atoms with Crippen LogP contribution in [0.2, 0.25) is 0 Å². The molecule has 0 aromatic carbocycles. The molecule has 0 aromatic heterocycles. The number of rotatable bonds is 16. The molecule has 0 atom stereocenters. The van der Waals surface area contributed by atoms with E-state index in [4.69, 9.17) is 25.5 Å². The highest BCUT2D eigenvalue weighted by Crippen LogP contribution is 2.15. The van der Waals surface area contributed by atoms with Gasteiger partial charge < -0.3 is 30.0 Å². The molecule has 0 radical (unpaired) electrons. The molecular formula is C20H39N2O5+. The minimum absolute atomic E-state index is 0.0121. The normalized spacial score (nSPS) is 11.3. The van der Waals surface area contributed by atoms with Crippen LogP contribution in [0.4, 0.5) is 0 Å². The molecule has 0 saturated carbocycles. The molecule has 27 heavy (non-hydrogen) atoms. The van der Waals surface area contributed by atoms with Crippen LogP contribution in [-0.2, 0) is 0 Å². The highest BCUT2D eigenvalue weighted by Gasteiger charge is 2.31. The third kappa shape index (κ3) is 10.6. The van der Waals surface area contributed by atoms with Gasteiger partial charge >= 0.3 is 0 Å². The lowest BCUT2D eigenvalue weighted by molar-refractivity contribution is -0.939. The Labute approximate surface area is 164 Å². The lowest BCUT2D eigenvalue weighted by Gasteiger charge is -2.41. The molecule has 5 N–H and O–H groups in total. The maximum absolute atomic E-state index is 9.05. The summed E-state index contributed by atoms with van der Waals surface area (Å²) in [5.41, 5.74) is 0. The van der Waals surface area contributed by atoms with Crippen molar-refractivity contribution in [3.05, 3.63) is 50.6 Å². The lowest BCUT2D eigenvalue weighted by Crippen LogP contribution is -2.58. The first kappa shape index (κ1) is 27.9. The Morgan fingerprint density at radius 3 is 1.22 bits per heavy atom. The van der Waals surface area contributed by atoms with Crippen molar-refractivity contribution in [2.45, 2.75) is 12.1 Å². The van der Waals surface area contributed by atoms with Gasteiger partial charge in [0.1, 0.15) is 25.7 Å². The van der Waals surface area contributed by atoms with Crippen LogP contribution in [0.15, 0.2) is 50.6 Å². The predicted molar refractivity (Wildman–Crippen MR) is 110 cm³/mol. The predicted octanol–water partition coefficient (Wildman–Crippen LogP) is -0.466. The second-order valence-corrected chi connectivity index (χ2v) is 5.97. The molecule has 0 amide bonds. The van der Waals surface area contributed by atoms with Crippen LogP contribution in [0, 0.1) is 0 Å². The molecule has 0 heterocycles. The van der Waals surface area contributed by atoms with Crippen molar-refractivity contribution in [2.24, 2.45) is 0 Å². The van der Waals surface area contributed by atoms with Gasteiger partial charge in [0.2, 0.25) is 0 Å². The third-order valence-corrected chi connectivity index (χ3v) is 4.43. The molecular weight excluding hydrogens is 348 g/mol. The molecule has 0 bridgehead atoms. The van der Waals surface area contributed by atoms with Crippen molar-refractivity contribution in [1.29, 1.82) is 0 Å². The minimum Gasteiger partial charge on any atom is -0.395 e. The molecule has 0 unspecified atom stereocenters. The molecule has 7 heteroatoms. The van der Waals surface area contributed by atoms with Crippen molar-refractivity contribution in [3.8, 4) is 0 Å². The second kappa shape index (κ2) is 18.1. The quantitative estimate of drug-likeness (QED) is 0.181. The summed E-state index contributed by atoms with van der Waals surface area (Å²) in [5, 5.41) is 44.6. The van der Waals surface area contributed by atoms with Crippen molar-refractivity contribution >= 4 is 0 Å². The Balaban J connectivity index is 0. The first-order valence-corrected chi connectivity index (χ1v) is 9.15. The highest BCUT2D eigenvalue weighted by molar-refractivity contribution is 5.00. The minimum atomic E-state index is -0.0588. The summed E-state index contributed by atoms with van der Waals surface area (Å²) in [7, 11) is 0. The van der Waals surface area contributed by atoms with E-state index >= 15 is 0 Å². The summed E-state index contributed by atoms with van der Waals surface area (Å²) in [5.74, 6) is 0. The summed E-state index contributed by atoms with van der Waals surface area (Å²) in [6.45, 7) is 17.4. The van der Waals surface area contributed by atoms with E-state index in [2.05, 4.69) is 26.3 Å². The van der Waals surface area contributed by atoms with Crippen LogP contribution < -0.4 is 0 Å². The van der Waals surface area contributed by atoms with Gasteiger partial charge in [0.15, 0.2) is 0 Å². The van der Waals surface area contributed by atoms with Crippen molar-refractivity contribution in [3.63, 3.8) is 0 Å². The SMILES string of the molecule is C=CC(C=C)N(CCO)CCO.C=CC(C=C)[N+](CCO)(CCO)CCO. The fourth-order valence-electron chi connectivity index (χ4n) is 2.98. The van der Waals surface area contributed by atoms with Gasteiger partial charge in [-0.2, -0.15) is 0 Å². The van der Waals surface area contributed by atoms with Crippen LogP contribution >= 0.6 is 0 Å². The molecule has 7 nitrogen and oxygen atoms in total. The Morgan fingerprint density at radius 1 is 0.630 bits per heavy atom. The standard InChI is InChI=1S/C11H22NO3.C9H17NO2/c1-3-11(4-2)12(5-8-13,6-9-14)7-10-15;1-3-9(4-2)10(5-7-11)6-8-12/h3-4,11,13-15H,1-2,5-10H2;3-4,9,11-12H,1-2,5-8H2/q+1;. The van der Waals surface area contributed by atoms with E-state index in [-0.39, 0.29) is 45.1 Å². The molecule has 0 aromatic rings. The molecule has 0 aliphatic rings. The maximum atomic E-state index is 9.05. The number of quaternary nitrogens is 1. The van der Waals surface area contributed by atoms with Gasteiger partial charge in [0.05, 0.1) is 33.0 Å². The summed E-state index contributed by atoms with van der Waals surface area (Å²) in [6.07, 6.45) is 6.93. The van der Waals surface area contributed by atoms with E-state index in [9.17, 15) is 0 Å². The summed E-state index contributed by atoms with van der Waals surface area (Å²) in [6, 6.07) is -0.0271. The Hall–Kier alpha value is -1.32. The fraction of sp³-hybridized carbons (Fsp3) is 0.600.